The topological polar surface area (TPSA) is 80.9 Å². The first-order chi connectivity index (χ1) is 17.6. The van der Waals surface area contributed by atoms with Crippen molar-refractivity contribution in [2.75, 3.05) is 0 Å². The molecule has 6 rings (SSSR count). The largest absolute Gasteiger partial charge is 0.478 e. The number of hydrogen-bond donors (Lipinski definition) is 1. The molecule has 0 unspecified atom stereocenters. The van der Waals surface area contributed by atoms with Crippen LogP contribution in [0.5, 0.6) is 0 Å². The molecule has 3 aromatic heterocycles. The maximum absolute atomic E-state index is 11.4. The van der Waals surface area contributed by atoms with Crippen LogP contribution in [0.4, 0.5) is 0 Å². The van der Waals surface area contributed by atoms with Gasteiger partial charge in [0.25, 0.3) is 0 Å². The maximum Gasteiger partial charge on any atom is 0.335 e. The van der Waals surface area contributed by atoms with Crippen molar-refractivity contribution in [2.45, 2.75) is 70.8 Å². The van der Waals surface area contributed by atoms with E-state index in [-0.39, 0.29) is 10.8 Å². The van der Waals surface area contributed by atoms with Crippen molar-refractivity contribution in [2.24, 2.45) is 0 Å². The number of pyridine rings is 1. The molecule has 6 heteroatoms. The van der Waals surface area contributed by atoms with Gasteiger partial charge in [-0.25, -0.2) is 9.78 Å². The number of rotatable bonds is 4. The van der Waals surface area contributed by atoms with Gasteiger partial charge in [-0.2, -0.15) is 0 Å². The van der Waals surface area contributed by atoms with E-state index in [1.54, 1.807) is 18.3 Å². The molecule has 4 aromatic rings. The number of benzene rings is 1. The summed E-state index contributed by atoms with van der Waals surface area (Å²) < 4.78 is 2.28. The van der Waals surface area contributed by atoms with Gasteiger partial charge in [-0.15, -0.1) is 0 Å². The predicted octanol–water partition coefficient (Wildman–Crippen LogP) is 6.20. The number of nitrogens with zero attached hydrogens (tertiary/aromatic N) is 4. The first-order valence-corrected chi connectivity index (χ1v) is 13.0. The molecule has 0 radical (unpaired) electrons. The standard InChI is InChI=1S/C31H32N4O2/c1-30(2)13-14-31(3,4)28-27(30)33-24-12-11-22-23(20-7-9-21(10-8-20)29(36)37)18-35(26(22)25(24)34-28)17-19-6-5-15-32-16-19/h5-10,15-16,18H,11-14,17H2,1-4H3,(H,36,37). The highest BCUT2D eigenvalue weighted by Gasteiger charge is 2.41. The van der Waals surface area contributed by atoms with E-state index < -0.39 is 5.97 Å². The highest BCUT2D eigenvalue weighted by atomic mass is 16.4. The van der Waals surface area contributed by atoms with E-state index in [1.165, 1.54) is 5.56 Å². The van der Waals surface area contributed by atoms with Crippen molar-refractivity contribution in [3.05, 3.63) is 88.8 Å². The van der Waals surface area contributed by atoms with Crippen molar-refractivity contribution in [1.29, 1.82) is 0 Å². The number of hydrogen-bond acceptors (Lipinski definition) is 4. The Balaban J connectivity index is 1.56. The van der Waals surface area contributed by atoms with Crippen molar-refractivity contribution in [3.63, 3.8) is 0 Å². The van der Waals surface area contributed by atoms with Crippen LogP contribution in [0.15, 0.2) is 55.0 Å². The molecule has 0 aliphatic heterocycles. The summed E-state index contributed by atoms with van der Waals surface area (Å²) in [6, 6.07) is 11.2. The van der Waals surface area contributed by atoms with Gasteiger partial charge in [0.2, 0.25) is 0 Å². The van der Waals surface area contributed by atoms with Gasteiger partial charge in [0, 0.05) is 41.5 Å². The van der Waals surface area contributed by atoms with Crippen LogP contribution in [0.2, 0.25) is 0 Å². The normalized spacial score (nSPS) is 17.0. The van der Waals surface area contributed by atoms with Crippen LogP contribution in [-0.2, 0) is 30.2 Å². The van der Waals surface area contributed by atoms with Gasteiger partial charge in [-0.1, -0.05) is 45.9 Å². The van der Waals surface area contributed by atoms with Crippen molar-refractivity contribution >= 4 is 5.97 Å². The van der Waals surface area contributed by atoms with Crippen LogP contribution in [0.25, 0.3) is 22.5 Å². The Morgan fingerprint density at radius 2 is 1.68 bits per heavy atom. The lowest BCUT2D eigenvalue weighted by molar-refractivity contribution is 0.0697. The Bertz CT molecular complexity index is 1520. The van der Waals surface area contributed by atoms with Gasteiger partial charge in [-0.3, -0.25) is 9.97 Å². The molecule has 37 heavy (non-hydrogen) atoms. The number of aromatic nitrogens is 4. The summed E-state index contributed by atoms with van der Waals surface area (Å²) in [5, 5.41) is 9.37. The molecule has 0 amide bonds. The van der Waals surface area contributed by atoms with Crippen molar-refractivity contribution < 1.29 is 9.90 Å². The average molecular weight is 493 g/mol. The summed E-state index contributed by atoms with van der Waals surface area (Å²) >= 11 is 0. The number of carboxylic acid groups (broad SMARTS) is 1. The lowest BCUT2D eigenvalue weighted by Crippen LogP contribution is -2.37. The molecule has 0 spiro atoms. The summed E-state index contributed by atoms with van der Waals surface area (Å²) in [7, 11) is 0. The Kier molecular flexibility index (Phi) is 5.34. The zero-order valence-corrected chi connectivity index (χ0v) is 21.9. The minimum Gasteiger partial charge on any atom is -0.478 e. The fourth-order valence-electron chi connectivity index (χ4n) is 5.87. The molecule has 188 valence electrons. The summed E-state index contributed by atoms with van der Waals surface area (Å²) in [5.41, 5.74) is 10.3. The number of carbonyl (C=O) groups is 1. The van der Waals surface area contributed by atoms with E-state index in [0.717, 1.165) is 70.8 Å². The second-order valence-electron chi connectivity index (χ2n) is 11.7. The Morgan fingerprint density at radius 1 is 0.973 bits per heavy atom. The molecule has 0 fully saturated rings. The lowest BCUT2D eigenvalue weighted by Gasteiger charge is -2.40. The van der Waals surface area contributed by atoms with Crippen LogP contribution >= 0.6 is 0 Å². The van der Waals surface area contributed by atoms with E-state index in [4.69, 9.17) is 9.97 Å². The summed E-state index contributed by atoms with van der Waals surface area (Å²) in [6.45, 7) is 9.84. The highest BCUT2D eigenvalue weighted by molar-refractivity contribution is 5.89. The van der Waals surface area contributed by atoms with E-state index in [1.807, 2.05) is 24.4 Å². The molecular weight excluding hydrogens is 460 g/mol. The third-order valence-corrected chi connectivity index (χ3v) is 8.16. The SMILES string of the molecule is CC1(C)CCC(C)(C)c2nc3c(nc21)CCc1c(-c2ccc(C(=O)O)cc2)cn(Cc2cccnc2)c1-3. The summed E-state index contributed by atoms with van der Waals surface area (Å²) in [4.78, 5) is 26.5. The molecule has 1 aromatic carbocycles. The second-order valence-corrected chi connectivity index (χ2v) is 11.7. The fraction of sp³-hybridized carbons (Fsp3) is 0.355. The summed E-state index contributed by atoms with van der Waals surface area (Å²) in [6.07, 6.45) is 9.80. The highest BCUT2D eigenvalue weighted by Crippen LogP contribution is 2.47. The Morgan fingerprint density at radius 3 is 2.32 bits per heavy atom. The molecule has 3 heterocycles. The van der Waals surface area contributed by atoms with Gasteiger partial charge in [0.05, 0.1) is 28.3 Å². The molecule has 0 saturated carbocycles. The number of carboxylic acids is 1. The third kappa shape index (κ3) is 3.95. The average Bonchev–Trinajstić information content (AvgIpc) is 3.25. The van der Waals surface area contributed by atoms with Gasteiger partial charge in [0.15, 0.2) is 0 Å². The van der Waals surface area contributed by atoms with Crippen LogP contribution < -0.4 is 0 Å². The lowest BCUT2D eigenvalue weighted by atomic mass is 9.67. The quantitative estimate of drug-likeness (QED) is 0.367. The number of fused-ring (bicyclic) bond motifs is 4. The molecule has 2 aliphatic carbocycles. The molecule has 0 atom stereocenters. The van der Waals surface area contributed by atoms with Gasteiger partial charge in [-0.05, 0) is 60.6 Å². The van der Waals surface area contributed by atoms with E-state index in [2.05, 4.69) is 49.5 Å². The van der Waals surface area contributed by atoms with Gasteiger partial charge >= 0.3 is 5.97 Å². The van der Waals surface area contributed by atoms with Crippen molar-refractivity contribution in [1.82, 2.24) is 19.5 Å². The molecule has 6 nitrogen and oxygen atoms in total. The molecule has 2 aliphatic rings. The summed E-state index contributed by atoms with van der Waals surface area (Å²) in [5.74, 6) is -0.915. The Labute approximate surface area is 217 Å². The van der Waals surface area contributed by atoms with E-state index in [9.17, 15) is 9.90 Å². The number of aromatic carboxylic acids is 1. The predicted molar refractivity (Wildman–Crippen MR) is 144 cm³/mol. The minimum absolute atomic E-state index is 0.0158. The maximum atomic E-state index is 11.4. The molecule has 0 bridgehead atoms. The van der Waals surface area contributed by atoms with E-state index >= 15 is 0 Å². The molecule has 0 saturated heterocycles. The molecular formula is C31H32N4O2. The van der Waals surface area contributed by atoms with Crippen LogP contribution in [0, 0.1) is 0 Å². The zero-order valence-electron chi connectivity index (χ0n) is 21.9. The third-order valence-electron chi connectivity index (χ3n) is 8.16. The first-order valence-electron chi connectivity index (χ1n) is 13.0. The first kappa shape index (κ1) is 23.6. The zero-order chi connectivity index (χ0) is 25.9. The smallest absolute Gasteiger partial charge is 0.335 e. The second kappa shape index (κ2) is 8.37. The van der Waals surface area contributed by atoms with Crippen LogP contribution in [-0.4, -0.2) is 30.6 Å². The van der Waals surface area contributed by atoms with Crippen LogP contribution in [0.3, 0.4) is 0 Å². The number of aryl methyl sites for hydroxylation is 1. The molecule has 1 N–H and O–H groups in total. The van der Waals surface area contributed by atoms with Crippen LogP contribution in [0.1, 0.15) is 79.1 Å². The minimum atomic E-state index is -0.915. The Hall–Kier alpha value is -3.80. The van der Waals surface area contributed by atoms with Gasteiger partial charge in [0.1, 0.15) is 5.69 Å². The van der Waals surface area contributed by atoms with Crippen molar-refractivity contribution in [3.8, 4) is 22.5 Å². The monoisotopic (exact) mass is 492 g/mol. The van der Waals surface area contributed by atoms with Gasteiger partial charge < -0.3 is 9.67 Å². The fourth-order valence-corrected chi connectivity index (χ4v) is 5.87. The van der Waals surface area contributed by atoms with E-state index in [0.29, 0.717) is 12.1 Å².